The summed E-state index contributed by atoms with van der Waals surface area (Å²) in [6.07, 6.45) is 3.24. The summed E-state index contributed by atoms with van der Waals surface area (Å²) < 4.78 is 5.22. The zero-order valence-corrected chi connectivity index (χ0v) is 16.9. The van der Waals surface area contributed by atoms with Crippen LogP contribution >= 0.6 is 11.3 Å². The van der Waals surface area contributed by atoms with Crippen molar-refractivity contribution in [2.45, 2.75) is 45.1 Å². The van der Waals surface area contributed by atoms with Gasteiger partial charge in [0.05, 0.1) is 17.9 Å². The number of aromatic hydroxyl groups is 1. The van der Waals surface area contributed by atoms with Gasteiger partial charge >= 0.3 is 5.97 Å². The lowest BCUT2D eigenvalue weighted by molar-refractivity contribution is -0.125. The highest BCUT2D eigenvalue weighted by Gasteiger charge is 2.33. The molecule has 0 fully saturated rings. The number of esters is 1. The van der Waals surface area contributed by atoms with Crippen LogP contribution in [0.5, 0.6) is 5.75 Å². The Labute approximate surface area is 172 Å². The second kappa shape index (κ2) is 8.24. The van der Waals surface area contributed by atoms with Gasteiger partial charge < -0.3 is 20.0 Å². The Morgan fingerprint density at radius 3 is 2.90 bits per heavy atom. The lowest BCUT2D eigenvalue weighted by Crippen LogP contribution is -2.28. The van der Waals surface area contributed by atoms with Crippen LogP contribution in [0.1, 0.15) is 52.5 Å². The molecule has 1 aliphatic heterocycles. The molecule has 152 valence electrons. The highest BCUT2D eigenvalue weighted by Crippen LogP contribution is 2.39. The largest absolute Gasteiger partial charge is 0.507 e. The van der Waals surface area contributed by atoms with E-state index in [4.69, 9.17) is 9.57 Å². The molecule has 2 aliphatic rings. The number of oxime groups is 1. The van der Waals surface area contributed by atoms with Gasteiger partial charge in [0.15, 0.2) is 0 Å². The van der Waals surface area contributed by atoms with Gasteiger partial charge in [-0.1, -0.05) is 17.3 Å². The molecule has 0 spiro atoms. The maximum Gasteiger partial charge on any atom is 0.341 e. The van der Waals surface area contributed by atoms with Crippen molar-refractivity contribution < 1.29 is 24.3 Å². The van der Waals surface area contributed by atoms with E-state index < -0.39 is 12.1 Å². The topological polar surface area (TPSA) is 97.2 Å². The highest BCUT2D eigenvalue weighted by molar-refractivity contribution is 7.17. The molecule has 2 N–H and O–H groups in total. The molecule has 0 radical (unpaired) electrons. The van der Waals surface area contributed by atoms with Crippen molar-refractivity contribution in [3.05, 3.63) is 45.8 Å². The van der Waals surface area contributed by atoms with Crippen molar-refractivity contribution in [2.75, 3.05) is 11.9 Å². The van der Waals surface area contributed by atoms with E-state index in [0.29, 0.717) is 21.8 Å². The van der Waals surface area contributed by atoms with Crippen LogP contribution in [0.4, 0.5) is 5.00 Å². The monoisotopic (exact) mass is 414 g/mol. The van der Waals surface area contributed by atoms with Crippen LogP contribution in [0.2, 0.25) is 0 Å². The van der Waals surface area contributed by atoms with Gasteiger partial charge in [-0.05, 0) is 50.3 Å². The summed E-state index contributed by atoms with van der Waals surface area (Å²) in [5.74, 6) is -0.685. The number of benzene rings is 1. The summed E-state index contributed by atoms with van der Waals surface area (Å²) in [6, 6.07) is 6.79. The maximum absolute atomic E-state index is 12.8. The molecule has 1 atom stereocenters. The molecule has 1 aromatic carbocycles. The third-order valence-electron chi connectivity index (χ3n) is 5.06. The summed E-state index contributed by atoms with van der Waals surface area (Å²) in [5.41, 5.74) is 2.52. The summed E-state index contributed by atoms with van der Waals surface area (Å²) >= 11 is 1.44. The quantitative estimate of drug-likeness (QED) is 0.728. The van der Waals surface area contributed by atoms with Crippen molar-refractivity contribution in [2.24, 2.45) is 5.16 Å². The highest BCUT2D eigenvalue weighted by atomic mass is 32.1. The molecule has 7 nitrogen and oxygen atoms in total. The van der Waals surface area contributed by atoms with Gasteiger partial charge in [0.1, 0.15) is 10.8 Å². The summed E-state index contributed by atoms with van der Waals surface area (Å²) in [4.78, 5) is 31.8. The van der Waals surface area contributed by atoms with Crippen LogP contribution in [0.3, 0.4) is 0 Å². The summed E-state index contributed by atoms with van der Waals surface area (Å²) in [7, 11) is 0. The molecule has 1 aliphatic carbocycles. The van der Waals surface area contributed by atoms with Crippen LogP contribution in [-0.2, 0) is 27.2 Å². The first kappa shape index (κ1) is 19.4. The third kappa shape index (κ3) is 3.85. The van der Waals surface area contributed by atoms with E-state index in [1.165, 1.54) is 11.3 Å². The zero-order chi connectivity index (χ0) is 20.4. The number of para-hydroxylation sites is 1. The Hall–Kier alpha value is -2.87. The van der Waals surface area contributed by atoms with Gasteiger partial charge in [0.2, 0.25) is 6.10 Å². The molecule has 2 heterocycles. The molecule has 1 aromatic heterocycles. The number of carbonyl (C=O) groups is 2. The molecular weight excluding hydrogens is 392 g/mol. The average molecular weight is 414 g/mol. The van der Waals surface area contributed by atoms with Crippen molar-refractivity contribution in [1.82, 2.24) is 0 Å². The van der Waals surface area contributed by atoms with E-state index in [2.05, 4.69) is 10.5 Å². The summed E-state index contributed by atoms with van der Waals surface area (Å²) in [5, 5.41) is 17.3. The lowest BCUT2D eigenvalue weighted by Gasteiger charge is -2.13. The van der Waals surface area contributed by atoms with Gasteiger partial charge in [-0.2, -0.15) is 0 Å². The molecule has 0 saturated heterocycles. The molecule has 4 rings (SSSR count). The van der Waals surface area contributed by atoms with E-state index in [1.54, 1.807) is 31.2 Å². The molecule has 1 amide bonds. The number of rotatable bonds is 5. The molecule has 0 unspecified atom stereocenters. The number of ether oxygens (including phenoxy) is 1. The first-order chi connectivity index (χ1) is 14.1. The van der Waals surface area contributed by atoms with E-state index in [9.17, 15) is 14.7 Å². The number of thiophene rings is 1. The minimum atomic E-state index is -0.821. The maximum atomic E-state index is 12.8. The number of phenolic OH excluding ortho intramolecular Hbond substituents is 1. The minimum absolute atomic E-state index is 0.0893. The summed E-state index contributed by atoms with van der Waals surface area (Å²) in [6.45, 7) is 2.04. The SMILES string of the molecule is CCOC(=O)c1c(NC(=O)[C@@H]2CC(c3ccccc3O)=NO2)sc2c1CCCC2. The van der Waals surface area contributed by atoms with Crippen LogP contribution in [-0.4, -0.2) is 35.4 Å². The number of anilines is 1. The Kier molecular flexibility index (Phi) is 5.53. The second-order valence-electron chi connectivity index (χ2n) is 6.98. The van der Waals surface area contributed by atoms with Gasteiger partial charge in [0, 0.05) is 16.9 Å². The molecule has 29 heavy (non-hydrogen) atoms. The standard InChI is InChI=1S/C21H22N2O5S/c1-2-27-21(26)18-13-8-4-6-10-17(13)29-20(18)22-19(25)16-11-14(23-28-16)12-7-3-5-9-15(12)24/h3,5,7,9,16,24H,2,4,6,8,10-11H2,1H3,(H,22,25)/t16-/m0/s1. The van der Waals surface area contributed by atoms with E-state index in [-0.39, 0.29) is 24.7 Å². The molecule has 2 aromatic rings. The predicted molar refractivity (Wildman–Crippen MR) is 110 cm³/mol. The average Bonchev–Trinajstić information content (AvgIpc) is 3.33. The molecular formula is C21H22N2O5S. The smallest absolute Gasteiger partial charge is 0.341 e. The van der Waals surface area contributed by atoms with Gasteiger partial charge in [-0.3, -0.25) is 4.79 Å². The number of amides is 1. The Morgan fingerprint density at radius 1 is 1.31 bits per heavy atom. The number of nitrogens with one attached hydrogen (secondary N) is 1. The molecule has 0 saturated carbocycles. The van der Waals surface area contributed by atoms with Gasteiger partial charge in [-0.25, -0.2) is 4.79 Å². The number of fused-ring (bicyclic) bond motifs is 1. The second-order valence-corrected chi connectivity index (χ2v) is 8.08. The van der Waals surface area contributed by atoms with Crippen LogP contribution in [0, 0.1) is 0 Å². The normalized spacial score (nSPS) is 17.8. The van der Waals surface area contributed by atoms with Crippen LogP contribution in [0.25, 0.3) is 0 Å². The van der Waals surface area contributed by atoms with Crippen molar-refractivity contribution >= 4 is 33.9 Å². The number of phenols is 1. The fourth-order valence-corrected chi connectivity index (χ4v) is 4.94. The first-order valence-corrected chi connectivity index (χ1v) is 10.5. The number of hydrogen-bond donors (Lipinski definition) is 2. The van der Waals surface area contributed by atoms with E-state index in [0.717, 1.165) is 36.1 Å². The third-order valence-corrected chi connectivity index (χ3v) is 6.27. The Morgan fingerprint density at radius 2 is 2.10 bits per heavy atom. The number of carbonyl (C=O) groups excluding carboxylic acids is 2. The lowest BCUT2D eigenvalue weighted by atomic mass is 9.95. The molecule has 0 bridgehead atoms. The van der Waals surface area contributed by atoms with Gasteiger partial charge in [0.25, 0.3) is 5.91 Å². The fraction of sp³-hybridized carbons (Fsp3) is 0.381. The van der Waals surface area contributed by atoms with Crippen molar-refractivity contribution in [1.29, 1.82) is 0 Å². The van der Waals surface area contributed by atoms with Crippen LogP contribution in [0.15, 0.2) is 29.4 Å². The van der Waals surface area contributed by atoms with E-state index in [1.807, 2.05) is 0 Å². The minimum Gasteiger partial charge on any atom is -0.507 e. The first-order valence-electron chi connectivity index (χ1n) is 9.72. The Balaban J connectivity index is 1.51. The molecule has 8 heteroatoms. The zero-order valence-electron chi connectivity index (χ0n) is 16.1. The van der Waals surface area contributed by atoms with E-state index >= 15 is 0 Å². The van der Waals surface area contributed by atoms with Gasteiger partial charge in [-0.15, -0.1) is 11.3 Å². The number of aryl methyl sites for hydroxylation is 1. The Bertz CT molecular complexity index is 981. The van der Waals surface area contributed by atoms with Crippen LogP contribution < -0.4 is 5.32 Å². The van der Waals surface area contributed by atoms with Crippen molar-refractivity contribution in [3.63, 3.8) is 0 Å². The number of hydrogen-bond acceptors (Lipinski definition) is 7. The number of nitrogens with zero attached hydrogens (tertiary/aromatic N) is 1. The predicted octanol–water partition coefficient (Wildman–Crippen LogP) is 3.64. The van der Waals surface area contributed by atoms with Crippen molar-refractivity contribution in [3.8, 4) is 5.75 Å². The fourth-order valence-electron chi connectivity index (χ4n) is 3.66.